The smallest absolute Gasteiger partial charge is 0.269 e. The van der Waals surface area contributed by atoms with Gasteiger partial charge in [0.25, 0.3) is 5.56 Å². The van der Waals surface area contributed by atoms with Crippen LogP contribution < -0.4 is 15.0 Å². The molecule has 0 aliphatic rings. The molecule has 0 saturated carbocycles. The van der Waals surface area contributed by atoms with Gasteiger partial charge in [-0.15, -0.1) is 0 Å². The molecule has 2 aromatic heterocycles. The van der Waals surface area contributed by atoms with E-state index in [1.165, 1.54) is 0 Å². The predicted molar refractivity (Wildman–Crippen MR) is 94.9 cm³/mol. The zero-order valence-corrected chi connectivity index (χ0v) is 14.8. The molecule has 3 aromatic rings. The third-order valence-corrected chi connectivity index (χ3v) is 4.09. The first-order valence-electron chi connectivity index (χ1n) is 8.09. The van der Waals surface area contributed by atoms with E-state index in [1.807, 2.05) is 49.0 Å². The summed E-state index contributed by atoms with van der Waals surface area (Å²) in [6.45, 7) is 4.03. The van der Waals surface area contributed by atoms with Crippen LogP contribution in [0.3, 0.4) is 0 Å². The van der Waals surface area contributed by atoms with Gasteiger partial charge in [-0.2, -0.15) is 5.10 Å². The van der Waals surface area contributed by atoms with Gasteiger partial charge in [-0.3, -0.25) is 14.6 Å². The highest BCUT2D eigenvalue weighted by molar-refractivity contribution is 5.45. The number of methoxy groups -OCH3 is 2. The molecular formula is C18H22N4O3. The van der Waals surface area contributed by atoms with Crippen molar-refractivity contribution in [3.63, 3.8) is 0 Å². The Morgan fingerprint density at radius 1 is 1.24 bits per heavy atom. The van der Waals surface area contributed by atoms with E-state index >= 15 is 0 Å². The van der Waals surface area contributed by atoms with E-state index in [1.54, 1.807) is 25.1 Å². The Morgan fingerprint density at radius 2 is 2.04 bits per heavy atom. The van der Waals surface area contributed by atoms with E-state index in [9.17, 15) is 4.79 Å². The molecule has 0 fully saturated rings. The number of H-pyrrole nitrogens is 1. The van der Waals surface area contributed by atoms with Crippen LogP contribution in [0.15, 0.2) is 41.5 Å². The number of hydrogen-bond donors (Lipinski definition) is 1. The highest BCUT2D eigenvalue weighted by Gasteiger charge is 2.20. The van der Waals surface area contributed by atoms with Crippen LogP contribution in [0.5, 0.6) is 11.5 Å². The summed E-state index contributed by atoms with van der Waals surface area (Å²) in [5, 5.41) is 7.22. The van der Waals surface area contributed by atoms with Crippen LogP contribution in [0.2, 0.25) is 0 Å². The normalized spacial score (nSPS) is 11.1. The van der Waals surface area contributed by atoms with Crippen molar-refractivity contribution in [3.05, 3.63) is 58.1 Å². The second-order valence-electron chi connectivity index (χ2n) is 6.01. The average molecular weight is 342 g/mol. The van der Waals surface area contributed by atoms with Crippen molar-refractivity contribution in [2.24, 2.45) is 0 Å². The number of ether oxygens (including phenoxy) is 2. The minimum absolute atomic E-state index is 0.0958. The largest absolute Gasteiger partial charge is 0.497 e. The highest BCUT2D eigenvalue weighted by Crippen LogP contribution is 2.27. The monoisotopic (exact) mass is 342 g/mol. The molecule has 0 atom stereocenters. The van der Waals surface area contributed by atoms with Gasteiger partial charge in [-0.25, -0.2) is 4.68 Å². The van der Waals surface area contributed by atoms with Gasteiger partial charge in [0.15, 0.2) is 5.82 Å². The Labute approximate surface area is 145 Å². The molecule has 0 radical (unpaired) electrons. The predicted octanol–water partition coefficient (Wildman–Crippen LogP) is 2.55. The van der Waals surface area contributed by atoms with Crippen molar-refractivity contribution in [1.29, 1.82) is 0 Å². The molecule has 0 bridgehead atoms. The number of benzene rings is 1. The minimum Gasteiger partial charge on any atom is -0.497 e. The molecular weight excluding hydrogens is 320 g/mol. The third kappa shape index (κ3) is 3.17. The molecule has 0 unspecified atom stereocenters. The fourth-order valence-electron chi connectivity index (χ4n) is 2.84. The average Bonchev–Trinajstić information content (AvgIpc) is 3.23. The van der Waals surface area contributed by atoms with Crippen molar-refractivity contribution in [3.8, 4) is 17.3 Å². The van der Waals surface area contributed by atoms with Gasteiger partial charge in [0.2, 0.25) is 0 Å². The maximum Gasteiger partial charge on any atom is 0.269 e. The fourth-order valence-corrected chi connectivity index (χ4v) is 2.84. The molecule has 3 rings (SSSR count). The lowest BCUT2D eigenvalue weighted by atomic mass is 10.1. The third-order valence-electron chi connectivity index (χ3n) is 4.09. The molecule has 7 heteroatoms. The Morgan fingerprint density at radius 3 is 2.64 bits per heavy atom. The molecule has 0 spiro atoms. The van der Waals surface area contributed by atoms with Crippen LogP contribution in [0.1, 0.15) is 31.0 Å². The fraction of sp³-hybridized carbons (Fsp3) is 0.333. The van der Waals surface area contributed by atoms with Crippen molar-refractivity contribution in [2.45, 2.75) is 26.3 Å². The van der Waals surface area contributed by atoms with E-state index in [0.717, 1.165) is 11.4 Å². The summed E-state index contributed by atoms with van der Waals surface area (Å²) < 4.78 is 14.2. The van der Waals surface area contributed by atoms with Crippen LogP contribution in [-0.2, 0) is 6.42 Å². The lowest BCUT2D eigenvalue weighted by molar-refractivity contribution is 0.391. The second-order valence-corrected chi connectivity index (χ2v) is 6.01. The summed E-state index contributed by atoms with van der Waals surface area (Å²) in [6.07, 6.45) is 3.95. The molecule has 0 saturated heterocycles. The van der Waals surface area contributed by atoms with Gasteiger partial charge in [0.1, 0.15) is 11.5 Å². The van der Waals surface area contributed by atoms with Crippen molar-refractivity contribution >= 4 is 0 Å². The van der Waals surface area contributed by atoms with E-state index in [-0.39, 0.29) is 11.6 Å². The minimum atomic E-state index is -0.128. The summed E-state index contributed by atoms with van der Waals surface area (Å²) in [5.41, 5.74) is 1.42. The van der Waals surface area contributed by atoms with E-state index < -0.39 is 0 Å². The molecule has 2 heterocycles. The zero-order valence-electron chi connectivity index (χ0n) is 14.8. The van der Waals surface area contributed by atoms with Crippen LogP contribution in [0, 0.1) is 0 Å². The molecule has 0 aliphatic carbocycles. The summed E-state index contributed by atoms with van der Waals surface area (Å²) in [7, 11) is 3.22. The van der Waals surface area contributed by atoms with Gasteiger partial charge in [-0.1, -0.05) is 6.07 Å². The molecule has 0 aliphatic heterocycles. The Hall–Kier alpha value is -2.96. The number of rotatable bonds is 6. The molecule has 7 nitrogen and oxygen atoms in total. The Balaban J connectivity index is 2.11. The molecule has 132 valence electrons. The second kappa shape index (κ2) is 6.88. The first kappa shape index (κ1) is 16.9. The van der Waals surface area contributed by atoms with E-state index in [2.05, 4.69) is 10.2 Å². The van der Waals surface area contributed by atoms with Gasteiger partial charge < -0.3 is 9.47 Å². The summed E-state index contributed by atoms with van der Waals surface area (Å²) in [6, 6.07) is 7.52. The molecule has 1 N–H and O–H groups in total. The Kier molecular flexibility index (Phi) is 4.65. The van der Waals surface area contributed by atoms with Gasteiger partial charge in [-0.05, 0) is 31.5 Å². The van der Waals surface area contributed by atoms with Crippen LogP contribution in [0.4, 0.5) is 0 Å². The zero-order chi connectivity index (χ0) is 18.0. The lowest BCUT2D eigenvalue weighted by Gasteiger charge is -2.14. The SMILES string of the molecule is COc1ccc(Cc2c(-n3cccn3)n(C(C)C)[nH]c2=O)c(OC)c1. The number of nitrogens with one attached hydrogen (secondary N) is 1. The maximum absolute atomic E-state index is 12.6. The maximum atomic E-state index is 12.6. The van der Waals surface area contributed by atoms with E-state index in [4.69, 9.17) is 9.47 Å². The topological polar surface area (TPSA) is 74.1 Å². The molecule has 0 amide bonds. The number of aromatic nitrogens is 4. The number of nitrogens with zero attached hydrogens (tertiary/aromatic N) is 3. The van der Waals surface area contributed by atoms with Crippen LogP contribution in [-0.4, -0.2) is 33.8 Å². The highest BCUT2D eigenvalue weighted by atomic mass is 16.5. The quantitative estimate of drug-likeness (QED) is 0.747. The molecule has 25 heavy (non-hydrogen) atoms. The lowest BCUT2D eigenvalue weighted by Crippen LogP contribution is -2.11. The summed E-state index contributed by atoms with van der Waals surface area (Å²) >= 11 is 0. The van der Waals surface area contributed by atoms with Gasteiger partial charge >= 0.3 is 0 Å². The van der Waals surface area contributed by atoms with Gasteiger partial charge in [0.05, 0.1) is 19.8 Å². The molecule has 1 aromatic carbocycles. The van der Waals surface area contributed by atoms with Crippen LogP contribution in [0.25, 0.3) is 5.82 Å². The standard InChI is InChI=1S/C18H22N4O3/c1-12(2)22-18(21-9-5-8-19-21)15(17(23)20-22)10-13-6-7-14(24-3)11-16(13)25-4/h5-9,11-12H,10H2,1-4H3,(H,20,23). The van der Waals surface area contributed by atoms with Crippen molar-refractivity contribution in [1.82, 2.24) is 19.6 Å². The van der Waals surface area contributed by atoms with Gasteiger partial charge in [0, 0.05) is 30.9 Å². The number of aromatic amines is 1. The first-order chi connectivity index (χ1) is 12.0. The first-order valence-corrected chi connectivity index (χ1v) is 8.09. The summed E-state index contributed by atoms with van der Waals surface area (Å²) in [5.74, 6) is 2.13. The van der Waals surface area contributed by atoms with Crippen molar-refractivity contribution in [2.75, 3.05) is 14.2 Å². The van der Waals surface area contributed by atoms with Crippen molar-refractivity contribution < 1.29 is 9.47 Å². The van der Waals surface area contributed by atoms with Crippen LogP contribution >= 0.6 is 0 Å². The van der Waals surface area contributed by atoms with E-state index in [0.29, 0.717) is 23.5 Å². The summed E-state index contributed by atoms with van der Waals surface area (Å²) in [4.78, 5) is 12.6. The number of hydrogen-bond acceptors (Lipinski definition) is 4. The Bertz CT molecular complexity index is 907.